The Morgan fingerprint density at radius 1 is 1.50 bits per heavy atom. The molecule has 1 saturated carbocycles. The first-order valence-corrected chi connectivity index (χ1v) is 8.31. The van der Waals surface area contributed by atoms with Gasteiger partial charge in [-0.15, -0.1) is 0 Å². The van der Waals surface area contributed by atoms with Crippen molar-refractivity contribution in [3.63, 3.8) is 0 Å². The summed E-state index contributed by atoms with van der Waals surface area (Å²) in [6, 6.07) is 0. The number of thioether (sulfide) groups is 1. The van der Waals surface area contributed by atoms with Crippen LogP contribution in [0.1, 0.15) is 12.8 Å². The molecule has 0 spiro atoms. The summed E-state index contributed by atoms with van der Waals surface area (Å²) in [5.74, 6) is 2.89. The second-order valence-corrected chi connectivity index (χ2v) is 7.41. The summed E-state index contributed by atoms with van der Waals surface area (Å²) in [5.41, 5.74) is 5.95. The topological polar surface area (TPSA) is 58.7 Å². The van der Waals surface area contributed by atoms with Crippen LogP contribution in [0.3, 0.4) is 0 Å². The summed E-state index contributed by atoms with van der Waals surface area (Å²) in [6.07, 6.45) is 3.84. The van der Waals surface area contributed by atoms with Gasteiger partial charge in [-0.3, -0.25) is 9.20 Å². The lowest BCUT2D eigenvalue weighted by Crippen LogP contribution is -2.43. The predicted molar refractivity (Wildman–Crippen MR) is 71.4 cm³/mol. The molecular formula is C10H19N3OS2. The average Bonchev–Trinajstić information content (AvgIpc) is 3.08. The number of aliphatic imine (C=N–C) groups is 1. The van der Waals surface area contributed by atoms with E-state index in [0.717, 1.165) is 37.4 Å². The molecule has 2 fully saturated rings. The Kier molecular flexibility index (Phi) is 3.79. The number of rotatable bonds is 3. The van der Waals surface area contributed by atoms with E-state index < -0.39 is 10.8 Å². The average molecular weight is 261 g/mol. The van der Waals surface area contributed by atoms with E-state index in [0.29, 0.717) is 12.5 Å². The minimum Gasteiger partial charge on any atom is -0.370 e. The number of nitrogens with two attached hydrogens (primary N) is 1. The van der Waals surface area contributed by atoms with Crippen molar-refractivity contribution < 1.29 is 4.21 Å². The Bertz CT molecular complexity index is 309. The largest absolute Gasteiger partial charge is 0.370 e. The Morgan fingerprint density at radius 3 is 2.62 bits per heavy atom. The lowest BCUT2D eigenvalue weighted by molar-refractivity contribution is 0.455. The van der Waals surface area contributed by atoms with E-state index in [1.54, 1.807) is 6.26 Å². The van der Waals surface area contributed by atoms with Gasteiger partial charge in [0.25, 0.3) is 0 Å². The molecule has 16 heavy (non-hydrogen) atoms. The van der Waals surface area contributed by atoms with Crippen molar-refractivity contribution in [3.8, 4) is 0 Å². The molecule has 2 aliphatic rings. The van der Waals surface area contributed by atoms with Gasteiger partial charge in [0.2, 0.25) is 0 Å². The van der Waals surface area contributed by atoms with Crippen LogP contribution in [0.4, 0.5) is 0 Å². The molecule has 1 saturated heterocycles. The minimum absolute atomic E-state index is 0.0465. The molecule has 0 aromatic rings. The van der Waals surface area contributed by atoms with Crippen LogP contribution in [-0.2, 0) is 10.8 Å². The fourth-order valence-corrected chi connectivity index (χ4v) is 3.62. The SMILES string of the molecule is CS(=O)C1(CN=C(N)N2CCSCC2)CC1. The first-order valence-electron chi connectivity index (χ1n) is 5.60. The summed E-state index contributed by atoms with van der Waals surface area (Å²) >= 11 is 1.96. The van der Waals surface area contributed by atoms with Crippen LogP contribution < -0.4 is 5.73 Å². The van der Waals surface area contributed by atoms with Crippen molar-refractivity contribution in [2.75, 3.05) is 37.4 Å². The maximum atomic E-state index is 11.5. The van der Waals surface area contributed by atoms with Gasteiger partial charge in [-0.25, -0.2) is 0 Å². The minimum atomic E-state index is -0.771. The van der Waals surface area contributed by atoms with Crippen molar-refractivity contribution in [1.29, 1.82) is 0 Å². The molecule has 0 aromatic carbocycles. The zero-order chi connectivity index (χ0) is 11.6. The fraction of sp³-hybridized carbons (Fsp3) is 0.900. The third-order valence-electron chi connectivity index (χ3n) is 3.28. The predicted octanol–water partition coefficient (Wildman–Crippen LogP) is 0.261. The van der Waals surface area contributed by atoms with Crippen molar-refractivity contribution in [2.24, 2.45) is 10.7 Å². The highest BCUT2D eigenvalue weighted by molar-refractivity contribution is 7.99. The van der Waals surface area contributed by atoms with Crippen LogP contribution in [-0.4, -0.2) is 57.2 Å². The van der Waals surface area contributed by atoms with Gasteiger partial charge in [0.15, 0.2) is 5.96 Å². The van der Waals surface area contributed by atoms with Gasteiger partial charge >= 0.3 is 0 Å². The maximum Gasteiger partial charge on any atom is 0.191 e. The molecule has 4 nitrogen and oxygen atoms in total. The molecule has 0 radical (unpaired) electrons. The first kappa shape index (κ1) is 12.2. The Morgan fingerprint density at radius 2 is 2.12 bits per heavy atom. The van der Waals surface area contributed by atoms with Gasteiger partial charge in [0, 0.05) is 41.7 Å². The van der Waals surface area contributed by atoms with Gasteiger partial charge in [-0.2, -0.15) is 11.8 Å². The van der Waals surface area contributed by atoms with Gasteiger partial charge in [-0.1, -0.05) is 0 Å². The van der Waals surface area contributed by atoms with Crippen LogP contribution in [0, 0.1) is 0 Å². The van der Waals surface area contributed by atoms with Crippen LogP contribution in [0.2, 0.25) is 0 Å². The van der Waals surface area contributed by atoms with E-state index in [1.807, 2.05) is 11.8 Å². The maximum absolute atomic E-state index is 11.5. The molecule has 0 aromatic heterocycles. The fourth-order valence-electron chi connectivity index (χ4n) is 1.79. The van der Waals surface area contributed by atoms with Crippen LogP contribution in [0.5, 0.6) is 0 Å². The molecule has 2 N–H and O–H groups in total. The van der Waals surface area contributed by atoms with E-state index in [-0.39, 0.29) is 4.75 Å². The zero-order valence-electron chi connectivity index (χ0n) is 9.65. The lowest BCUT2D eigenvalue weighted by atomic mass is 10.4. The Balaban J connectivity index is 1.89. The van der Waals surface area contributed by atoms with Crippen LogP contribution >= 0.6 is 11.8 Å². The highest BCUT2D eigenvalue weighted by atomic mass is 32.2. The molecule has 6 heteroatoms. The third-order valence-corrected chi connectivity index (χ3v) is 5.98. The molecule has 1 aliphatic heterocycles. The Labute approximate surface area is 104 Å². The molecule has 1 heterocycles. The third kappa shape index (κ3) is 2.71. The number of hydrogen-bond donors (Lipinski definition) is 1. The first-order chi connectivity index (χ1) is 7.64. The monoisotopic (exact) mass is 261 g/mol. The summed E-state index contributed by atoms with van der Waals surface area (Å²) in [4.78, 5) is 6.55. The van der Waals surface area contributed by atoms with E-state index in [4.69, 9.17) is 5.73 Å². The summed E-state index contributed by atoms with van der Waals surface area (Å²) < 4.78 is 11.5. The van der Waals surface area contributed by atoms with E-state index in [9.17, 15) is 4.21 Å². The van der Waals surface area contributed by atoms with Crippen molar-refractivity contribution in [2.45, 2.75) is 17.6 Å². The Hall–Kier alpha value is -0.230. The quantitative estimate of drug-likeness (QED) is 0.585. The van der Waals surface area contributed by atoms with Crippen molar-refractivity contribution >= 4 is 28.5 Å². The van der Waals surface area contributed by atoms with Crippen molar-refractivity contribution in [3.05, 3.63) is 0 Å². The molecule has 92 valence electrons. The number of nitrogens with zero attached hydrogens (tertiary/aromatic N) is 2. The number of guanidine groups is 1. The highest BCUT2D eigenvalue weighted by Crippen LogP contribution is 2.41. The van der Waals surface area contributed by atoms with Gasteiger partial charge in [0.1, 0.15) is 0 Å². The lowest BCUT2D eigenvalue weighted by Gasteiger charge is -2.27. The second-order valence-electron chi connectivity index (χ2n) is 4.41. The summed E-state index contributed by atoms with van der Waals surface area (Å²) in [7, 11) is -0.771. The highest BCUT2D eigenvalue weighted by Gasteiger charge is 2.46. The van der Waals surface area contributed by atoms with E-state index >= 15 is 0 Å². The molecule has 1 aliphatic carbocycles. The summed E-state index contributed by atoms with van der Waals surface area (Å²) in [5, 5.41) is 0. The molecule has 0 bridgehead atoms. The van der Waals surface area contributed by atoms with Gasteiger partial charge in [-0.05, 0) is 12.8 Å². The molecule has 1 unspecified atom stereocenters. The van der Waals surface area contributed by atoms with E-state index in [2.05, 4.69) is 9.89 Å². The normalized spacial score (nSPS) is 26.6. The number of hydrogen-bond acceptors (Lipinski definition) is 3. The molecule has 1 atom stereocenters. The second kappa shape index (κ2) is 4.96. The van der Waals surface area contributed by atoms with Crippen LogP contribution in [0.15, 0.2) is 4.99 Å². The smallest absolute Gasteiger partial charge is 0.191 e. The van der Waals surface area contributed by atoms with Crippen LogP contribution in [0.25, 0.3) is 0 Å². The molecule has 0 amide bonds. The van der Waals surface area contributed by atoms with Crippen molar-refractivity contribution in [1.82, 2.24) is 4.90 Å². The van der Waals surface area contributed by atoms with Gasteiger partial charge in [0.05, 0.1) is 11.3 Å². The molecule has 2 rings (SSSR count). The van der Waals surface area contributed by atoms with Gasteiger partial charge < -0.3 is 10.6 Å². The summed E-state index contributed by atoms with van der Waals surface area (Å²) in [6.45, 7) is 2.61. The molecular weight excluding hydrogens is 242 g/mol. The van der Waals surface area contributed by atoms with E-state index in [1.165, 1.54) is 0 Å². The zero-order valence-corrected chi connectivity index (χ0v) is 11.3. The standard InChI is InChI=1S/C10H19N3OS2/c1-16(14)10(2-3-10)8-12-9(11)13-4-6-15-7-5-13/h2-8H2,1H3,(H2,11,12).